The molecule has 0 N–H and O–H groups in total. The van der Waals surface area contributed by atoms with Crippen LogP contribution in [-0.4, -0.2) is 9.13 Å². The van der Waals surface area contributed by atoms with Gasteiger partial charge in [0, 0.05) is 35.2 Å². The molecular formula is C26H30N4S2. The second-order valence-electron chi connectivity index (χ2n) is 7.93. The van der Waals surface area contributed by atoms with E-state index in [0.717, 1.165) is 34.1 Å². The third-order valence-electron chi connectivity index (χ3n) is 5.46. The fourth-order valence-corrected chi connectivity index (χ4v) is 5.52. The van der Waals surface area contributed by atoms with E-state index in [1.54, 1.807) is 22.7 Å². The van der Waals surface area contributed by atoms with Crippen LogP contribution in [-0.2, 0) is 13.1 Å². The maximum atomic E-state index is 4.83. The lowest BCUT2D eigenvalue weighted by molar-refractivity contribution is 0.524. The zero-order chi connectivity index (χ0) is 22.2. The van der Waals surface area contributed by atoms with E-state index in [0.29, 0.717) is 0 Å². The Hall–Kier alpha value is -2.70. The summed E-state index contributed by atoms with van der Waals surface area (Å²) < 4.78 is 4.71. The van der Waals surface area contributed by atoms with Gasteiger partial charge in [0.1, 0.15) is 0 Å². The first-order valence-electron chi connectivity index (χ1n) is 11.2. The van der Waals surface area contributed by atoms with Gasteiger partial charge in [-0.15, -0.1) is 22.7 Å². The van der Waals surface area contributed by atoms with Crippen molar-refractivity contribution in [2.75, 3.05) is 0 Å². The smallest absolute Gasteiger partial charge is 0.190 e. The van der Waals surface area contributed by atoms with Crippen LogP contribution < -0.4 is 9.60 Å². The Morgan fingerprint density at radius 3 is 1.41 bits per heavy atom. The van der Waals surface area contributed by atoms with Gasteiger partial charge >= 0.3 is 0 Å². The molecular weight excluding hydrogens is 432 g/mol. The van der Waals surface area contributed by atoms with Crippen molar-refractivity contribution in [2.24, 2.45) is 9.98 Å². The minimum atomic E-state index is 1.02. The van der Waals surface area contributed by atoms with Crippen molar-refractivity contribution in [3.05, 3.63) is 92.4 Å². The SMILES string of the molecule is Cc1csc(=Nc2ccccc2)n1CCCCCCn1c(C)csc1=Nc1ccccc1. The lowest BCUT2D eigenvalue weighted by Gasteiger charge is -2.08. The van der Waals surface area contributed by atoms with Crippen molar-refractivity contribution < 1.29 is 0 Å². The van der Waals surface area contributed by atoms with Crippen molar-refractivity contribution in [3.63, 3.8) is 0 Å². The molecule has 166 valence electrons. The largest absolute Gasteiger partial charge is 0.321 e. The van der Waals surface area contributed by atoms with Gasteiger partial charge in [0.05, 0.1) is 11.4 Å². The molecule has 0 bridgehead atoms. The van der Waals surface area contributed by atoms with Gasteiger partial charge < -0.3 is 9.13 Å². The molecule has 0 saturated heterocycles. The van der Waals surface area contributed by atoms with Crippen LogP contribution in [0.1, 0.15) is 37.1 Å². The molecule has 0 amide bonds. The molecule has 2 heterocycles. The molecule has 0 radical (unpaired) electrons. The maximum absolute atomic E-state index is 4.83. The number of aryl methyl sites for hydroxylation is 2. The summed E-state index contributed by atoms with van der Waals surface area (Å²) in [7, 11) is 0. The van der Waals surface area contributed by atoms with E-state index in [2.05, 4.69) is 58.0 Å². The molecule has 0 aliphatic rings. The Labute approximate surface area is 197 Å². The molecule has 2 aromatic carbocycles. The van der Waals surface area contributed by atoms with Gasteiger partial charge in [0.15, 0.2) is 9.60 Å². The summed E-state index contributed by atoms with van der Waals surface area (Å²) in [5.74, 6) is 0. The summed E-state index contributed by atoms with van der Waals surface area (Å²) >= 11 is 3.45. The van der Waals surface area contributed by atoms with Gasteiger partial charge in [-0.1, -0.05) is 49.2 Å². The number of unbranched alkanes of at least 4 members (excludes halogenated alkanes) is 3. The summed E-state index contributed by atoms with van der Waals surface area (Å²) in [4.78, 5) is 11.8. The zero-order valence-corrected chi connectivity index (χ0v) is 20.4. The van der Waals surface area contributed by atoms with Gasteiger partial charge in [-0.05, 0) is 51.0 Å². The van der Waals surface area contributed by atoms with Crippen molar-refractivity contribution >= 4 is 34.0 Å². The molecule has 0 atom stereocenters. The molecule has 0 spiro atoms. The van der Waals surface area contributed by atoms with Gasteiger partial charge in [-0.3, -0.25) is 0 Å². The number of rotatable bonds is 9. The molecule has 0 fully saturated rings. The lowest BCUT2D eigenvalue weighted by Crippen LogP contribution is -2.17. The number of benzene rings is 2. The Balaban J connectivity index is 1.30. The first kappa shape index (κ1) is 22.5. The van der Waals surface area contributed by atoms with Crippen LogP contribution in [0, 0.1) is 13.8 Å². The maximum Gasteiger partial charge on any atom is 0.190 e. The first-order valence-corrected chi connectivity index (χ1v) is 13.0. The minimum absolute atomic E-state index is 1.02. The summed E-state index contributed by atoms with van der Waals surface area (Å²) in [6, 6.07) is 20.4. The normalized spacial score (nSPS) is 12.6. The average molecular weight is 463 g/mol. The molecule has 32 heavy (non-hydrogen) atoms. The van der Waals surface area contributed by atoms with E-state index in [1.807, 2.05) is 36.4 Å². The van der Waals surface area contributed by atoms with Crippen LogP contribution in [0.4, 0.5) is 11.4 Å². The highest BCUT2D eigenvalue weighted by Gasteiger charge is 2.04. The van der Waals surface area contributed by atoms with Crippen LogP contribution in [0.3, 0.4) is 0 Å². The summed E-state index contributed by atoms with van der Waals surface area (Å²) in [5, 5.41) is 4.41. The first-order chi connectivity index (χ1) is 15.7. The third-order valence-corrected chi connectivity index (χ3v) is 7.42. The predicted molar refractivity (Wildman–Crippen MR) is 136 cm³/mol. The summed E-state index contributed by atoms with van der Waals surface area (Å²) in [6.07, 6.45) is 4.80. The van der Waals surface area contributed by atoms with Crippen molar-refractivity contribution in [1.29, 1.82) is 0 Å². The second-order valence-corrected chi connectivity index (χ2v) is 9.60. The highest BCUT2D eigenvalue weighted by Crippen LogP contribution is 2.13. The topological polar surface area (TPSA) is 34.6 Å². The fraction of sp³-hybridized carbons (Fsp3) is 0.308. The minimum Gasteiger partial charge on any atom is -0.321 e. The predicted octanol–water partition coefficient (Wildman–Crippen LogP) is 6.75. The van der Waals surface area contributed by atoms with Crippen molar-refractivity contribution in [3.8, 4) is 0 Å². The van der Waals surface area contributed by atoms with Crippen molar-refractivity contribution in [1.82, 2.24) is 9.13 Å². The van der Waals surface area contributed by atoms with E-state index in [1.165, 1.54) is 37.1 Å². The third kappa shape index (κ3) is 5.96. The van der Waals surface area contributed by atoms with Gasteiger partial charge in [-0.2, -0.15) is 0 Å². The zero-order valence-electron chi connectivity index (χ0n) is 18.8. The Kier molecular flexibility index (Phi) is 7.91. The highest BCUT2D eigenvalue weighted by molar-refractivity contribution is 7.07. The van der Waals surface area contributed by atoms with Crippen LogP contribution >= 0.6 is 22.7 Å². The van der Waals surface area contributed by atoms with Crippen LogP contribution in [0.15, 0.2) is 81.4 Å². The number of nitrogens with zero attached hydrogens (tertiary/aromatic N) is 4. The molecule has 0 aliphatic heterocycles. The number of hydrogen-bond acceptors (Lipinski definition) is 4. The fourth-order valence-electron chi connectivity index (χ4n) is 3.67. The molecule has 4 nitrogen and oxygen atoms in total. The molecule has 0 unspecified atom stereocenters. The van der Waals surface area contributed by atoms with Crippen LogP contribution in [0.2, 0.25) is 0 Å². The van der Waals surface area contributed by atoms with Gasteiger partial charge in [0.2, 0.25) is 0 Å². The molecule has 6 heteroatoms. The highest BCUT2D eigenvalue weighted by atomic mass is 32.1. The standard InChI is InChI=1S/C26H30N4S2/c1-21-19-31-25(27-23-13-7-5-8-14-23)29(21)17-11-3-4-12-18-30-22(2)20-32-26(30)28-24-15-9-6-10-16-24/h5-10,13-16,19-20H,3-4,11-12,17-18H2,1-2H3. The summed E-state index contributed by atoms with van der Waals surface area (Å²) in [6.45, 7) is 6.41. The van der Waals surface area contributed by atoms with E-state index in [4.69, 9.17) is 9.98 Å². The molecule has 2 aromatic heterocycles. The molecule has 4 aromatic rings. The Morgan fingerprint density at radius 1 is 0.594 bits per heavy atom. The molecule has 4 rings (SSSR count). The number of thiazole rings is 2. The number of hydrogen-bond donors (Lipinski definition) is 0. The summed E-state index contributed by atoms with van der Waals surface area (Å²) in [5.41, 5.74) is 4.62. The van der Waals surface area contributed by atoms with Crippen LogP contribution in [0.5, 0.6) is 0 Å². The van der Waals surface area contributed by atoms with Crippen molar-refractivity contribution in [2.45, 2.75) is 52.6 Å². The average Bonchev–Trinajstić information content (AvgIpc) is 3.34. The quantitative estimate of drug-likeness (QED) is 0.246. The van der Waals surface area contributed by atoms with Gasteiger partial charge in [0.25, 0.3) is 0 Å². The lowest BCUT2D eigenvalue weighted by atomic mass is 10.2. The Morgan fingerprint density at radius 2 is 1.00 bits per heavy atom. The van der Waals surface area contributed by atoms with Crippen LogP contribution in [0.25, 0.3) is 0 Å². The van der Waals surface area contributed by atoms with E-state index >= 15 is 0 Å². The number of aromatic nitrogens is 2. The second kappa shape index (κ2) is 11.2. The molecule has 0 saturated carbocycles. The van der Waals surface area contributed by atoms with E-state index in [9.17, 15) is 0 Å². The Bertz CT molecular complexity index is 1140. The van der Waals surface area contributed by atoms with E-state index < -0.39 is 0 Å². The molecule has 0 aliphatic carbocycles. The van der Waals surface area contributed by atoms with E-state index in [-0.39, 0.29) is 0 Å². The monoisotopic (exact) mass is 462 g/mol. The van der Waals surface area contributed by atoms with Gasteiger partial charge in [-0.25, -0.2) is 9.98 Å². The number of para-hydroxylation sites is 2.